The van der Waals surface area contributed by atoms with E-state index < -0.39 is 11.4 Å². The van der Waals surface area contributed by atoms with Gasteiger partial charge in [-0.1, -0.05) is 0 Å². The van der Waals surface area contributed by atoms with E-state index in [1.54, 1.807) is 30.7 Å². The summed E-state index contributed by atoms with van der Waals surface area (Å²) in [5, 5.41) is 2.80. The maximum atomic E-state index is 12.2. The van der Waals surface area contributed by atoms with Crippen LogP contribution in [0.2, 0.25) is 0 Å². The zero-order valence-corrected chi connectivity index (χ0v) is 11.9. The molecule has 0 spiro atoms. The first-order valence-electron chi connectivity index (χ1n) is 6.20. The van der Waals surface area contributed by atoms with Gasteiger partial charge in [0.25, 0.3) is 5.91 Å². The molecule has 1 rings (SSSR count). The first-order valence-corrected chi connectivity index (χ1v) is 6.20. The van der Waals surface area contributed by atoms with Crippen LogP contribution >= 0.6 is 0 Å². The molecular weight excluding hydrogens is 244 g/mol. The number of hydrogen-bond acceptors (Lipinski definition) is 3. The third-order valence-electron chi connectivity index (χ3n) is 2.73. The van der Waals surface area contributed by atoms with Gasteiger partial charge in [-0.2, -0.15) is 0 Å². The molecule has 6 heteroatoms. The average molecular weight is 266 g/mol. The third-order valence-corrected chi connectivity index (χ3v) is 2.73. The zero-order chi connectivity index (χ0) is 14.8. The van der Waals surface area contributed by atoms with E-state index >= 15 is 0 Å². The number of primary amides is 1. The van der Waals surface area contributed by atoms with E-state index in [1.165, 1.54) is 0 Å². The van der Waals surface area contributed by atoms with Gasteiger partial charge in [0.1, 0.15) is 5.69 Å². The van der Waals surface area contributed by atoms with Crippen LogP contribution in [0.15, 0.2) is 12.3 Å². The van der Waals surface area contributed by atoms with Crippen molar-refractivity contribution in [1.29, 1.82) is 0 Å². The number of rotatable bonds is 5. The minimum Gasteiger partial charge on any atom is -0.397 e. The minimum absolute atomic E-state index is 0.0800. The summed E-state index contributed by atoms with van der Waals surface area (Å²) in [7, 11) is 0. The Labute approximate surface area is 113 Å². The second kappa shape index (κ2) is 5.34. The van der Waals surface area contributed by atoms with Crippen LogP contribution in [0.4, 0.5) is 5.69 Å². The fourth-order valence-electron chi connectivity index (χ4n) is 1.96. The second-order valence-corrected chi connectivity index (χ2v) is 5.64. The number of amides is 2. The van der Waals surface area contributed by atoms with Crippen molar-refractivity contribution >= 4 is 17.5 Å². The Balaban J connectivity index is 2.92. The van der Waals surface area contributed by atoms with Crippen LogP contribution in [0, 0.1) is 0 Å². The topological polar surface area (TPSA) is 103 Å². The lowest BCUT2D eigenvalue weighted by molar-refractivity contribution is -0.119. The van der Waals surface area contributed by atoms with Crippen LogP contribution < -0.4 is 16.8 Å². The Bertz CT molecular complexity index is 489. The Kier molecular flexibility index (Phi) is 4.24. The lowest BCUT2D eigenvalue weighted by Crippen LogP contribution is -2.46. The van der Waals surface area contributed by atoms with E-state index in [0.29, 0.717) is 11.4 Å². The monoisotopic (exact) mass is 266 g/mol. The van der Waals surface area contributed by atoms with Gasteiger partial charge in [0.2, 0.25) is 5.91 Å². The van der Waals surface area contributed by atoms with Crippen molar-refractivity contribution in [3.63, 3.8) is 0 Å². The van der Waals surface area contributed by atoms with Crippen LogP contribution in [0.5, 0.6) is 0 Å². The van der Waals surface area contributed by atoms with E-state index in [-0.39, 0.29) is 18.4 Å². The number of nitrogens with two attached hydrogens (primary N) is 2. The van der Waals surface area contributed by atoms with Crippen molar-refractivity contribution in [1.82, 2.24) is 9.88 Å². The van der Waals surface area contributed by atoms with Crippen LogP contribution in [0.25, 0.3) is 0 Å². The SMILES string of the molecule is CC(C)n1cc(N)cc1C(=O)NC(C)(C)CC(N)=O. The van der Waals surface area contributed by atoms with Gasteiger partial charge in [0.15, 0.2) is 0 Å². The first kappa shape index (κ1) is 15.1. The number of carbonyl (C=O) groups excluding carboxylic acids is 2. The minimum atomic E-state index is -0.691. The number of aromatic nitrogens is 1. The Morgan fingerprint density at radius 1 is 1.42 bits per heavy atom. The van der Waals surface area contributed by atoms with Crippen LogP contribution in [-0.4, -0.2) is 21.9 Å². The highest BCUT2D eigenvalue weighted by atomic mass is 16.2. The molecule has 0 bridgehead atoms. The van der Waals surface area contributed by atoms with Crippen LogP contribution in [0.1, 0.15) is 50.6 Å². The molecule has 2 amide bonds. The summed E-state index contributed by atoms with van der Waals surface area (Å²) >= 11 is 0. The van der Waals surface area contributed by atoms with Crippen molar-refractivity contribution in [2.45, 2.75) is 45.7 Å². The summed E-state index contributed by atoms with van der Waals surface area (Å²) in [6.45, 7) is 7.43. The fraction of sp³-hybridized carbons (Fsp3) is 0.538. The zero-order valence-electron chi connectivity index (χ0n) is 11.9. The van der Waals surface area contributed by atoms with E-state index in [2.05, 4.69) is 5.32 Å². The molecule has 0 atom stereocenters. The molecule has 0 aliphatic rings. The van der Waals surface area contributed by atoms with Crippen molar-refractivity contribution < 1.29 is 9.59 Å². The van der Waals surface area contributed by atoms with Gasteiger partial charge in [-0.3, -0.25) is 9.59 Å². The predicted molar refractivity (Wildman–Crippen MR) is 74.6 cm³/mol. The van der Waals surface area contributed by atoms with Crippen molar-refractivity contribution in [2.24, 2.45) is 5.73 Å². The maximum absolute atomic E-state index is 12.2. The summed E-state index contributed by atoms with van der Waals surface area (Å²) in [5.41, 5.74) is 11.2. The Hall–Kier alpha value is -1.98. The van der Waals surface area contributed by atoms with E-state index in [9.17, 15) is 9.59 Å². The molecule has 0 unspecified atom stereocenters. The highest BCUT2D eigenvalue weighted by molar-refractivity contribution is 5.94. The first-order chi connectivity index (χ1) is 8.62. The lowest BCUT2D eigenvalue weighted by atomic mass is 10.00. The van der Waals surface area contributed by atoms with Gasteiger partial charge in [-0.05, 0) is 33.8 Å². The molecule has 6 nitrogen and oxygen atoms in total. The van der Waals surface area contributed by atoms with Gasteiger partial charge >= 0.3 is 0 Å². The molecule has 0 aromatic carbocycles. The third kappa shape index (κ3) is 4.01. The molecule has 0 radical (unpaired) electrons. The van der Waals surface area contributed by atoms with Crippen LogP contribution in [0.3, 0.4) is 0 Å². The summed E-state index contributed by atoms with van der Waals surface area (Å²) in [4.78, 5) is 23.2. The molecule has 106 valence electrons. The van der Waals surface area contributed by atoms with Gasteiger partial charge in [-0.15, -0.1) is 0 Å². The smallest absolute Gasteiger partial charge is 0.268 e. The molecule has 1 heterocycles. The molecule has 0 saturated heterocycles. The molecule has 0 aliphatic heterocycles. The quantitative estimate of drug-likeness (QED) is 0.741. The highest BCUT2D eigenvalue weighted by Gasteiger charge is 2.25. The second-order valence-electron chi connectivity index (χ2n) is 5.64. The van der Waals surface area contributed by atoms with Crippen molar-refractivity contribution in [3.8, 4) is 0 Å². The fourth-order valence-corrected chi connectivity index (χ4v) is 1.96. The van der Waals surface area contributed by atoms with Crippen LogP contribution in [-0.2, 0) is 4.79 Å². The molecule has 0 saturated carbocycles. The number of nitrogen functional groups attached to an aromatic ring is 1. The molecule has 5 N–H and O–H groups in total. The number of hydrogen-bond donors (Lipinski definition) is 3. The normalized spacial score (nSPS) is 11.6. The molecule has 0 aliphatic carbocycles. The van der Waals surface area contributed by atoms with E-state index in [4.69, 9.17) is 11.5 Å². The lowest BCUT2D eigenvalue weighted by Gasteiger charge is -2.25. The molecule has 1 aromatic rings. The van der Waals surface area contributed by atoms with Gasteiger partial charge in [-0.25, -0.2) is 0 Å². The molecule has 1 aromatic heterocycles. The van der Waals surface area contributed by atoms with Crippen molar-refractivity contribution in [3.05, 3.63) is 18.0 Å². The Morgan fingerprint density at radius 2 is 2.00 bits per heavy atom. The van der Waals surface area contributed by atoms with Gasteiger partial charge in [0, 0.05) is 24.2 Å². The summed E-state index contributed by atoms with van der Waals surface area (Å²) in [6, 6.07) is 1.74. The van der Waals surface area contributed by atoms with Gasteiger partial charge in [0.05, 0.1) is 5.69 Å². The summed E-state index contributed by atoms with van der Waals surface area (Å²) in [6.07, 6.45) is 1.80. The predicted octanol–water partition coefficient (Wildman–Crippen LogP) is 1.04. The van der Waals surface area contributed by atoms with Crippen molar-refractivity contribution in [2.75, 3.05) is 5.73 Å². The molecule has 0 fully saturated rings. The molecule has 19 heavy (non-hydrogen) atoms. The maximum Gasteiger partial charge on any atom is 0.268 e. The van der Waals surface area contributed by atoms with E-state index in [1.807, 2.05) is 13.8 Å². The molecular formula is C13H22N4O2. The highest BCUT2D eigenvalue weighted by Crippen LogP contribution is 2.18. The Morgan fingerprint density at radius 3 is 2.47 bits per heavy atom. The number of nitrogens with one attached hydrogen (secondary N) is 1. The number of anilines is 1. The van der Waals surface area contributed by atoms with Gasteiger partial charge < -0.3 is 21.4 Å². The number of nitrogens with zero attached hydrogens (tertiary/aromatic N) is 1. The van der Waals surface area contributed by atoms with E-state index in [0.717, 1.165) is 0 Å². The average Bonchev–Trinajstić information content (AvgIpc) is 2.57. The summed E-state index contributed by atoms with van der Waals surface area (Å²) < 4.78 is 1.80. The standard InChI is InChI=1S/C13H22N4O2/c1-8(2)17-7-9(14)5-10(17)12(19)16-13(3,4)6-11(15)18/h5,7-8H,6,14H2,1-4H3,(H2,15,18)(H,16,19). The largest absolute Gasteiger partial charge is 0.397 e. The summed E-state index contributed by atoms with van der Waals surface area (Å²) in [5.74, 6) is -0.722. The number of carbonyl (C=O) groups is 2.